The van der Waals surface area contributed by atoms with Crippen LogP contribution in [-0.4, -0.2) is 39.5 Å². The number of H-pyrrole nitrogens is 1. The van der Waals surface area contributed by atoms with Gasteiger partial charge in [-0.05, 0) is 24.5 Å². The molecule has 0 aromatic carbocycles. The van der Waals surface area contributed by atoms with Crippen LogP contribution < -0.4 is 10.6 Å². The molecule has 1 atom stereocenters. The number of aromatic amines is 1. The molecule has 0 aliphatic carbocycles. The summed E-state index contributed by atoms with van der Waals surface area (Å²) >= 11 is 0. The van der Waals surface area contributed by atoms with Crippen molar-refractivity contribution in [3.8, 4) is 11.4 Å². The number of pyridine rings is 1. The number of aromatic nitrogens is 3. The molecule has 118 valence electrons. The lowest BCUT2D eigenvalue weighted by Crippen LogP contribution is -2.33. The molecule has 2 aromatic rings. The fourth-order valence-corrected chi connectivity index (χ4v) is 2.12. The molecular formula is C15H21N5O2. The lowest BCUT2D eigenvalue weighted by Gasteiger charge is -2.14. The Morgan fingerprint density at radius 1 is 1.45 bits per heavy atom. The second kappa shape index (κ2) is 8.14. The Kier molecular flexibility index (Phi) is 5.91. The quantitative estimate of drug-likeness (QED) is 0.628. The average Bonchev–Trinajstić information content (AvgIpc) is 3.00. The third kappa shape index (κ3) is 4.29. The van der Waals surface area contributed by atoms with E-state index in [9.17, 15) is 4.79 Å². The standard InChI is InChI=1S/C15H21N5O2/c1-2-11(6-8-21)9-17-15(22)19-13-10-18-20-14(13)12-5-3-4-7-16-12/h3-5,7,10-11,21H,2,6,8-9H2,1H3,(H,18,20)(H2,17,19,22). The fraction of sp³-hybridized carbons (Fsp3) is 0.400. The molecule has 2 rings (SSSR count). The van der Waals surface area contributed by atoms with E-state index < -0.39 is 0 Å². The number of aliphatic hydroxyl groups excluding tert-OH is 1. The molecule has 7 nitrogen and oxygen atoms in total. The Morgan fingerprint density at radius 3 is 3.00 bits per heavy atom. The van der Waals surface area contributed by atoms with Crippen LogP contribution in [0.5, 0.6) is 0 Å². The van der Waals surface area contributed by atoms with Gasteiger partial charge >= 0.3 is 6.03 Å². The summed E-state index contributed by atoms with van der Waals surface area (Å²) in [4.78, 5) is 16.2. The van der Waals surface area contributed by atoms with Crippen molar-refractivity contribution in [2.75, 3.05) is 18.5 Å². The Bertz CT molecular complexity index is 585. The molecule has 0 saturated heterocycles. The van der Waals surface area contributed by atoms with E-state index in [0.29, 0.717) is 30.0 Å². The SMILES string of the molecule is CCC(CCO)CNC(=O)Nc1cn[nH]c1-c1ccccn1. The second-order valence-electron chi connectivity index (χ2n) is 5.00. The van der Waals surface area contributed by atoms with E-state index in [4.69, 9.17) is 5.11 Å². The number of nitrogens with zero attached hydrogens (tertiary/aromatic N) is 2. The van der Waals surface area contributed by atoms with E-state index in [1.54, 1.807) is 12.4 Å². The molecule has 0 fully saturated rings. The van der Waals surface area contributed by atoms with Crippen molar-refractivity contribution >= 4 is 11.7 Å². The van der Waals surface area contributed by atoms with Gasteiger partial charge in [-0.2, -0.15) is 5.10 Å². The van der Waals surface area contributed by atoms with Crippen LogP contribution >= 0.6 is 0 Å². The lowest BCUT2D eigenvalue weighted by molar-refractivity contribution is 0.238. The van der Waals surface area contributed by atoms with Gasteiger partial charge in [0.05, 0.1) is 17.6 Å². The zero-order chi connectivity index (χ0) is 15.8. The Balaban J connectivity index is 1.94. The summed E-state index contributed by atoms with van der Waals surface area (Å²) in [6.45, 7) is 2.70. The zero-order valence-corrected chi connectivity index (χ0v) is 12.5. The van der Waals surface area contributed by atoms with Crippen LogP contribution in [0.1, 0.15) is 19.8 Å². The summed E-state index contributed by atoms with van der Waals surface area (Å²) in [5.74, 6) is 0.273. The van der Waals surface area contributed by atoms with Crippen molar-refractivity contribution in [1.82, 2.24) is 20.5 Å². The monoisotopic (exact) mass is 303 g/mol. The van der Waals surface area contributed by atoms with Crippen LogP contribution in [0.25, 0.3) is 11.4 Å². The van der Waals surface area contributed by atoms with Crippen LogP contribution in [0.3, 0.4) is 0 Å². The largest absolute Gasteiger partial charge is 0.396 e. The first-order valence-electron chi connectivity index (χ1n) is 7.35. The Hall–Kier alpha value is -2.41. The second-order valence-corrected chi connectivity index (χ2v) is 5.00. The van der Waals surface area contributed by atoms with Gasteiger partial charge in [-0.1, -0.05) is 19.4 Å². The summed E-state index contributed by atoms with van der Waals surface area (Å²) in [6, 6.07) is 5.24. The minimum Gasteiger partial charge on any atom is -0.396 e. The maximum absolute atomic E-state index is 12.0. The number of urea groups is 1. The molecule has 2 amide bonds. The summed E-state index contributed by atoms with van der Waals surface area (Å²) < 4.78 is 0. The van der Waals surface area contributed by atoms with Gasteiger partial charge in [-0.25, -0.2) is 4.79 Å². The molecule has 0 saturated carbocycles. The number of amides is 2. The maximum Gasteiger partial charge on any atom is 0.319 e. The molecule has 1 unspecified atom stereocenters. The van der Waals surface area contributed by atoms with Gasteiger partial charge in [0.1, 0.15) is 5.69 Å². The molecule has 0 spiro atoms. The van der Waals surface area contributed by atoms with Crippen molar-refractivity contribution in [3.63, 3.8) is 0 Å². The number of carbonyl (C=O) groups is 1. The van der Waals surface area contributed by atoms with Gasteiger partial charge < -0.3 is 15.7 Å². The fourth-order valence-electron chi connectivity index (χ4n) is 2.12. The molecule has 2 aromatic heterocycles. The van der Waals surface area contributed by atoms with Gasteiger partial charge in [0, 0.05) is 19.3 Å². The number of anilines is 1. The predicted octanol–water partition coefficient (Wildman–Crippen LogP) is 2.00. The third-order valence-electron chi connectivity index (χ3n) is 3.47. The number of rotatable bonds is 7. The topological polar surface area (TPSA) is 103 Å². The number of hydrogen-bond acceptors (Lipinski definition) is 4. The number of carbonyl (C=O) groups excluding carboxylic acids is 1. The normalized spacial score (nSPS) is 11.9. The van der Waals surface area contributed by atoms with Crippen LogP contribution in [0, 0.1) is 5.92 Å². The molecular weight excluding hydrogens is 282 g/mol. The highest BCUT2D eigenvalue weighted by atomic mass is 16.3. The summed E-state index contributed by atoms with van der Waals surface area (Å²) in [6.07, 6.45) is 4.82. The molecule has 0 bridgehead atoms. The highest BCUT2D eigenvalue weighted by Gasteiger charge is 2.12. The van der Waals surface area contributed by atoms with Crippen molar-refractivity contribution in [2.24, 2.45) is 5.92 Å². The average molecular weight is 303 g/mol. The number of hydrogen-bond donors (Lipinski definition) is 4. The Morgan fingerprint density at radius 2 is 2.32 bits per heavy atom. The van der Waals surface area contributed by atoms with Crippen molar-refractivity contribution < 1.29 is 9.90 Å². The van der Waals surface area contributed by atoms with E-state index in [2.05, 4.69) is 25.8 Å². The van der Waals surface area contributed by atoms with E-state index >= 15 is 0 Å². The first-order chi connectivity index (χ1) is 10.7. The summed E-state index contributed by atoms with van der Waals surface area (Å²) in [7, 11) is 0. The minimum absolute atomic E-state index is 0.132. The highest BCUT2D eigenvalue weighted by molar-refractivity contribution is 5.92. The summed E-state index contributed by atoms with van der Waals surface area (Å²) in [5.41, 5.74) is 1.95. The predicted molar refractivity (Wildman–Crippen MR) is 84.3 cm³/mol. The van der Waals surface area contributed by atoms with Gasteiger partial charge in [0.2, 0.25) is 0 Å². The molecule has 7 heteroatoms. The van der Waals surface area contributed by atoms with Gasteiger partial charge in [-0.15, -0.1) is 0 Å². The molecule has 0 aliphatic heterocycles. The lowest BCUT2D eigenvalue weighted by atomic mass is 10.0. The smallest absolute Gasteiger partial charge is 0.319 e. The maximum atomic E-state index is 12.0. The van der Waals surface area contributed by atoms with Crippen LogP contribution in [-0.2, 0) is 0 Å². The molecule has 22 heavy (non-hydrogen) atoms. The molecule has 0 aliphatic rings. The highest BCUT2D eigenvalue weighted by Crippen LogP contribution is 2.22. The first-order valence-corrected chi connectivity index (χ1v) is 7.35. The molecule has 4 N–H and O–H groups in total. The van der Waals surface area contributed by atoms with Gasteiger partial charge in [-0.3, -0.25) is 10.1 Å². The minimum atomic E-state index is -0.296. The van der Waals surface area contributed by atoms with Crippen LogP contribution in [0.4, 0.5) is 10.5 Å². The van der Waals surface area contributed by atoms with Gasteiger partial charge in [0.15, 0.2) is 0 Å². The van der Waals surface area contributed by atoms with E-state index in [1.807, 2.05) is 25.1 Å². The van der Waals surface area contributed by atoms with Crippen molar-refractivity contribution in [3.05, 3.63) is 30.6 Å². The van der Waals surface area contributed by atoms with Crippen molar-refractivity contribution in [1.29, 1.82) is 0 Å². The molecule has 2 heterocycles. The summed E-state index contributed by atoms with van der Waals surface area (Å²) in [5, 5.41) is 21.3. The zero-order valence-electron chi connectivity index (χ0n) is 12.5. The van der Waals surface area contributed by atoms with E-state index in [-0.39, 0.29) is 18.6 Å². The number of nitrogens with one attached hydrogen (secondary N) is 3. The van der Waals surface area contributed by atoms with E-state index in [0.717, 1.165) is 6.42 Å². The van der Waals surface area contributed by atoms with E-state index in [1.165, 1.54) is 0 Å². The van der Waals surface area contributed by atoms with Crippen molar-refractivity contribution in [2.45, 2.75) is 19.8 Å². The van der Waals surface area contributed by atoms with Crippen LogP contribution in [0.2, 0.25) is 0 Å². The van der Waals surface area contributed by atoms with Crippen LogP contribution in [0.15, 0.2) is 30.6 Å². The molecule has 0 radical (unpaired) electrons. The number of aliphatic hydroxyl groups is 1. The first kappa shape index (κ1) is 16.0. The van der Waals surface area contributed by atoms with Gasteiger partial charge in [0.25, 0.3) is 0 Å². The Labute approximate surface area is 129 Å². The third-order valence-corrected chi connectivity index (χ3v) is 3.47.